The van der Waals surface area contributed by atoms with Gasteiger partial charge in [0.15, 0.2) is 11.0 Å². The molecule has 9 heteroatoms. The summed E-state index contributed by atoms with van der Waals surface area (Å²) in [5.41, 5.74) is 3.50. The van der Waals surface area contributed by atoms with Crippen molar-refractivity contribution in [2.24, 2.45) is 0 Å². The molecule has 0 spiro atoms. The third kappa shape index (κ3) is 5.55. The predicted octanol–water partition coefficient (Wildman–Crippen LogP) is 6.49. The van der Waals surface area contributed by atoms with E-state index in [0.29, 0.717) is 26.9 Å². The number of carbonyl (C=O) groups excluding carboxylic acids is 1. The zero-order chi connectivity index (χ0) is 23.4. The Bertz CT molecular complexity index is 1260. The Labute approximate surface area is 206 Å². The molecule has 1 amide bonds. The largest absolute Gasteiger partial charge is 0.325 e. The molecule has 0 saturated heterocycles. The van der Waals surface area contributed by atoms with Gasteiger partial charge < -0.3 is 5.32 Å². The second-order valence-electron chi connectivity index (χ2n) is 7.60. The van der Waals surface area contributed by atoms with Crippen LogP contribution < -0.4 is 5.32 Å². The number of halogens is 2. The Morgan fingerprint density at radius 1 is 1.06 bits per heavy atom. The van der Waals surface area contributed by atoms with E-state index in [1.165, 1.54) is 17.3 Å². The maximum atomic E-state index is 12.6. The van der Waals surface area contributed by atoms with Gasteiger partial charge in [0.25, 0.3) is 0 Å². The lowest BCUT2D eigenvalue weighted by molar-refractivity contribution is -0.113. The normalized spacial score (nSPS) is 11.1. The molecule has 6 nitrogen and oxygen atoms in total. The van der Waals surface area contributed by atoms with E-state index in [1.807, 2.05) is 47.0 Å². The van der Waals surface area contributed by atoms with Gasteiger partial charge in [-0.1, -0.05) is 60.9 Å². The minimum Gasteiger partial charge on any atom is -0.325 e. The van der Waals surface area contributed by atoms with Crippen LogP contribution in [0.4, 0.5) is 5.69 Å². The van der Waals surface area contributed by atoms with Gasteiger partial charge in [-0.15, -0.1) is 10.2 Å². The third-order valence-corrected chi connectivity index (χ3v) is 6.58. The molecule has 0 aliphatic heterocycles. The summed E-state index contributed by atoms with van der Waals surface area (Å²) < 4.78 is 1.84. The number of anilines is 1. The molecule has 0 atom stereocenters. The molecule has 0 radical (unpaired) electrons. The first-order valence-electron chi connectivity index (χ1n) is 10.3. The van der Waals surface area contributed by atoms with Crippen LogP contribution >= 0.6 is 35.0 Å². The molecule has 0 aliphatic carbocycles. The van der Waals surface area contributed by atoms with Crippen molar-refractivity contribution in [3.8, 4) is 17.1 Å². The van der Waals surface area contributed by atoms with Gasteiger partial charge in [0, 0.05) is 23.6 Å². The fourth-order valence-electron chi connectivity index (χ4n) is 3.18. The van der Waals surface area contributed by atoms with Crippen LogP contribution in [0, 0.1) is 0 Å². The summed E-state index contributed by atoms with van der Waals surface area (Å²) in [6.45, 7) is 4.27. The number of hydrogen-bond acceptors (Lipinski definition) is 5. The van der Waals surface area contributed by atoms with E-state index in [2.05, 4.69) is 34.3 Å². The molecule has 0 fully saturated rings. The summed E-state index contributed by atoms with van der Waals surface area (Å²) in [6, 6.07) is 16.9. The van der Waals surface area contributed by atoms with E-state index in [-0.39, 0.29) is 11.7 Å². The van der Waals surface area contributed by atoms with Gasteiger partial charge in [-0.05, 0) is 53.9 Å². The highest BCUT2D eigenvalue weighted by molar-refractivity contribution is 7.99. The van der Waals surface area contributed by atoms with Crippen molar-refractivity contribution in [2.75, 3.05) is 11.1 Å². The zero-order valence-electron chi connectivity index (χ0n) is 18.0. The third-order valence-electron chi connectivity index (χ3n) is 4.91. The van der Waals surface area contributed by atoms with Crippen LogP contribution in [0.2, 0.25) is 10.0 Å². The highest BCUT2D eigenvalue weighted by atomic mass is 35.5. The molecule has 2 heterocycles. The SMILES string of the molecule is CC(C)c1ccc(NC(=O)CSc2nnc(-c3cccnc3)n2-c2ccc(Cl)c(Cl)c2)cc1. The summed E-state index contributed by atoms with van der Waals surface area (Å²) in [4.78, 5) is 16.8. The molecular formula is C24H21Cl2N5OS. The number of thioether (sulfide) groups is 1. The first kappa shape index (κ1) is 23.3. The number of pyridine rings is 1. The van der Waals surface area contributed by atoms with Crippen LogP contribution in [0.1, 0.15) is 25.3 Å². The molecule has 4 aromatic rings. The van der Waals surface area contributed by atoms with Crippen LogP contribution in [-0.4, -0.2) is 31.4 Å². The standard InChI is InChI=1S/C24H21Cl2N5OS/c1-15(2)16-5-7-18(8-6-16)28-22(32)14-33-24-30-29-23(17-4-3-11-27-13-17)31(24)19-9-10-20(25)21(26)12-19/h3-13,15H,14H2,1-2H3,(H,28,32). The molecule has 0 aliphatic rings. The van der Waals surface area contributed by atoms with E-state index < -0.39 is 0 Å². The van der Waals surface area contributed by atoms with Gasteiger partial charge in [-0.2, -0.15) is 0 Å². The number of amides is 1. The van der Waals surface area contributed by atoms with Gasteiger partial charge in [0.2, 0.25) is 5.91 Å². The van der Waals surface area contributed by atoms with Gasteiger partial charge in [-0.3, -0.25) is 14.3 Å². The maximum Gasteiger partial charge on any atom is 0.234 e. The number of rotatable bonds is 7. The van der Waals surface area contributed by atoms with Crippen molar-refractivity contribution in [1.82, 2.24) is 19.7 Å². The molecular weight excluding hydrogens is 477 g/mol. The molecule has 0 bridgehead atoms. The summed E-state index contributed by atoms with van der Waals surface area (Å²) in [7, 11) is 0. The van der Waals surface area contributed by atoms with E-state index in [9.17, 15) is 4.79 Å². The van der Waals surface area contributed by atoms with Gasteiger partial charge in [0.1, 0.15) is 0 Å². The average molecular weight is 498 g/mol. The van der Waals surface area contributed by atoms with Gasteiger partial charge in [-0.25, -0.2) is 0 Å². The van der Waals surface area contributed by atoms with Crippen molar-refractivity contribution < 1.29 is 4.79 Å². The van der Waals surface area contributed by atoms with E-state index in [1.54, 1.807) is 24.5 Å². The fourth-order valence-corrected chi connectivity index (χ4v) is 4.23. The smallest absolute Gasteiger partial charge is 0.234 e. The minimum absolute atomic E-state index is 0.135. The quantitative estimate of drug-likeness (QED) is 0.295. The van der Waals surface area contributed by atoms with Gasteiger partial charge in [0.05, 0.1) is 21.5 Å². The number of nitrogens with one attached hydrogen (secondary N) is 1. The van der Waals surface area contributed by atoms with Crippen LogP contribution in [-0.2, 0) is 4.79 Å². The number of hydrogen-bond donors (Lipinski definition) is 1. The van der Waals surface area contributed by atoms with Crippen molar-refractivity contribution >= 4 is 46.6 Å². The van der Waals surface area contributed by atoms with Crippen LogP contribution in [0.15, 0.2) is 72.1 Å². The lowest BCUT2D eigenvalue weighted by Crippen LogP contribution is -2.14. The van der Waals surface area contributed by atoms with E-state index in [0.717, 1.165) is 16.9 Å². The van der Waals surface area contributed by atoms with Crippen molar-refractivity contribution in [3.05, 3.63) is 82.6 Å². The first-order chi connectivity index (χ1) is 15.9. The number of aromatic nitrogens is 4. The van der Waals surface area contributed by atoms with Gasteiger partial charge >= 0.3 is 0 Å². The first-order valence-corrected chi connectivity index (χ1v) is 12.0. The maximum absolute atomic E-state index is 12.6. The molecule has 0 unspecified atom stereocenters. The minimum atomic E-state index is -0.135. The Kier molecular flexibility index (Phi) is 7.33. The topological polar surface area (TPSA) is 72.7 Å². The lowest BCUT2D eigenvalue weighted by atomic mass is 10.0. The molecule has 4 rings (SSSR count). The molecule has 33 heavy (non-hydrogen) atoms. The fraction of sp³-hybridized carbons (Fsp3) is 0.167. The highest BCUT2D eigenvalue weighted by Gasteiger charge is 2.18. The molecule has 0 saturated carbocycles. The Morgan fingerprint density at radius 3 is 2.52 bits per heavy atom. The van der Waals surface area contributed by atoms with Crippen LogP contribution in [0.5, 0.6) is 0 Å². The Hall–Kier alpha value is -2.87. The molecule has 168 valence electrons. The second-order valence-corrected chi connectivity index (χ2v) is 9.35. The van der Waals surface area contributed by atoms with Crippen molar-refractivity contribution in [2.45, 2.75) is 24.9 Å². The monoisotopic (exact) mass is 497 g/mol. The van der Waals surface area contributed by atoms with Crippen LogP contribution in [0.3, 0.4) is 0 Å². The summed E-state index contributed by atoms with van der Waals surface area (Å²) in [5.74, 6) is 1.06. The van der Waals surface area contributed by atoms with E-state index >= 15 is 0 Å². The van der Waals surface area contributed by atoms with Crippen molar-refractivity contribution in [3.63, 3.8) is 0 Å². The summed E-state index contributed by atoms with van der Waals surface area (Å²) in [5, 5.41) is 13.0. The number of nitrogens with zero attached hydrogens (tertiary/aromatic N) is 4. The average Bonchev–Trinajstić information content (AvgIpc) is 3.24. The molecule has 2 aromatic carbocycles. The Balaban J connectivity index is 1.56. The highest BCUT2D eigenvalue weighted by Crippen LogP contribution is 2.31. The Morgan fingerprint density at radius 2 is 1.85 bits per heavy atom. The zero-order valence-corrected chi connectivity index (χ0v) is 20.3. The summed E-state index contributed by atoms with van der Waals surface area (Å²) in [6.07, 6.45) is 3.40. The summed E-state index contributed by atoms with van der Waals surface area (Å²) >= 11 is 13.6. The van der Waals surface area contributed by atoms with Crippen molar-refractivity contribution in [1.29, 1.82) is 0 Å². The lowest BCUT2D eigenvalue weighted by Gasteiger charge is -2.11. The number of carbonyl (C=O) groups is 1. The molecule has 1 N–H and O–H groups in total. The second kappa shape index (κ2) is 10.4. The predicted molar refractivity (Wildman–Crippen MR) is 134 cm³/mol. The molecule has 2 aromatic heterocycles. The number of benzene rings is 2. The van der Waals surface area contributed by atoms with Crippen LogP contribution in [0.25, 0.3) is 17.1 Å². The van der Waals surface area contributed by atoms with E-state index in [4.69, 9.17) is 23.2 Å².